The van der Waals surface area contributed by atoms with Crippen LogP contribution in [0.4, 0.5) is 0 Å². The molecule has 0 fully saturated rings. The number of hydrogen-bond acceptors (Lipinski definition) is 16. The molecule has 0 amide bonds. The first-order valence-corrected chi connectivity index (χ1v) is 14.9. The summed E-state index contributed by atoms with van der Waals surface area (Å²) in [5.74, 6) is -17.6. The minimum atomic E-state index is -1.77. The highest BCUT2D eigenvalue weighted by Gasteiger charge is 2.41. The maximum Gasteiger partial charge on any atom is 0.385 e. The normalized spacial score (nSPS) is 17.1. The lowest BCUT2D eigenvalue weighted by atomic mass is 9.87. The van der Waals surface area contributed by atoms with Crippen LogP contribution < -0.4 is 4.74 Å². The number of aliphatic hydroxyl groups is 2. The molecule has 7 rings (SSSR count). The zero-order valence-electron chi connectivity index (χ0n) is 26.4. The number of carbonyl (C=O) groups excluding carboxylic acids is 4. The fraction of sp³-hybridized carbons (Fsp3) is 0. The summed E-state index contributed by atoms with van der Waals surface area (Å²) in [4.78, 5) is 77.1. The molecule has 0 atom stereocenters. The van der Waals surface area contributed by atoms with Gasteiger partial charge in [0.2, 0.25) is 0 Å². The van der Waals surface area contributed by atoms with Crippen LogP contribution in [0, 0.1) is 0 Å². The van der Waals surface area contributed by atoms with E-state index < -0.39 is 132 Å². The second-order valence-corrected chi connectivity index (χ2v) is 11.6. The van der Waals surface area contributed by atoms with E-state index in [1.54, 1.807) is 0 Å². The van der Waals surface area contributed by atoms with Gasteiger partial charge in [0, 0.05) is 16.5 Å². The topological polar surface area (TPSA) is 312 Å². The number of carbonyl (C=O) groups is 6. The van der Waals surface area contributed by atoms with E-state index in [-0.39, 0.29) is 21.9 Å². The van der Waals surface area contributed by atoms with Gasteiger partial charge in [-0.3, -0.25) is 4.79 Å². The average Bonchev–Trinajstić information content (AvgIpc) is 3.56. The number of carboxylic acid groups (broad SMARTS) is 2. The number of hydrogen-bond donors (Lipinski definition) is 9. The number of carboxylic acids is 2. The summed E-state index contributed by atoms with van der Waals surface area (Å²) < 4.78 is 15.3. The van der Waals surface area contributed by atoms with Gasteiger partial charge in [-0.25, -0.2) is 24.0 Å². The van der Waals surface area contributed by atoms with Gasteiger partial charge in [0.15, 0.2) is 57.5 Å². The Morgan fingerprint density at radius 2 is 1.00 bits per heavy atom. The maximum atomic E-state index is 13.4. The van der Waals surface area contributed by atoms with Crippen LogP contribution in [0.3, 0.4) is 0 Å². The van der Waals surface area contributed by atoms with Crippen molar-refractivity contribution in [2.75, 3.05) is 0 Å². The van der Waals surface area contributed by atoms with E-state index in [0.29, 0.717) is 0 Å². The SMILES string of the molecule is O=C(O)C(=C1OC(=O)C(c2cc3c4c(c(O)cc(C5=C(O)C(=C(C(=O)O)c6ccc(O)c(O)c6)OC5=O)c4c2)OC(=O)C3=O)=C1O)c1ccc(O)c(O)c1. The summed E-state index contributed by atoms with van der Waals surface area (Å²) >= 11 is 0. The summed E-state index contributed by atoms with van der Waals surface area (Å²) in [7, 11) is 0. The van der Waals surface area contributed by atoms with Gasteiger partial charge in [0.25, 0.3) is 5.78 Å². The molecule has 0 saturated carbocycles. The summed E-state index contributed by atoms with van der Waals surface area (Å²) in [5.41, 5.74) is -5.54. The number of ketones is 1. The molecule has 3 aliphatic heterocycles. The van der Waals surface area contributed by atoms with Gasteiger partial charge in [-0.2, -0.15) is 0 Å². The van der Waals surface area contributed by atoms with Crippen LogP contribution in [-0.2, 0) is 33.4 Å². The molecule has 4 aromatic carbocycles. The molecule has 4 aromatic rings. The number of Topliss-reactive ketones (excluding diaryl/α,β-unsaturated/α-hetero) is 1. The Bertz CT molecular complexity index is 2670. The summed E-state index contributed by atoms with van der Waals surface area (Å²) in [6.07, 6.45) is 0. The third kappa shape index (κ3) is 5.05. The van der Waals surface area contributed by atoms with Crippen molar-refractivity contribution >= 4 is 68.7 Å². The van der Waals surface area contributed by atoms with Crippen LogP contribution in [-0.4, -0.2) is 81.6 Å². The molecule has 54 heavy (non-hydrogen) atoms. The van der Waals surface area contributed by atoms with Crippen molar-refractivity contribution in [2.24, 2.45) is 0 Å². The fourth-order valence-corrected chi connectivity index (χ4v) is 6.09. The molecular formula is C36H18O18. The summed E-state index contributed by atoms with van der Waals surface area (Å²) in [5, 5.41) is 92.0. The molecule has 3 heterocycles. The van der Waals surface area contributed by atoms with Crippen molar-refractivity contribution in [1.82, 2.24) is 0 Å². The van der Waals surface area contributed by atoms with Crippen molar-refractivity contribution in [3.8, 4) is 34.5 Å². The van der Waals surface area contributed by atoms with Crippen molar-refractivity contribution in [1.29, 1.82) is 0 Å². The average molecular weight is 739 g/mol. The molecule has 3 aliphatic rings. The van der Waals surface area contributed by atoms with E-state index in [1.807, 2.05) is 0 Å². The van der Waals surface area contributed by atoms with E-state index >= 15 is 0 Å². The fourth-order valence-electron chi connectivity index (χ4n) is 6.09. The van der Waals surface area contributed by atoms with Gasteiger partial charge in [0.1, 0.15) is 22.3 Å². The number of aliphatic carboxylic acids is 2. The van der Waals surface area contributed by atoms with Crippen molar-refractivity contribution in [2.45, 2.75) is 0 Å². The Morgan fingerprint density at radius 3 is 1.50 bits per heavy atom. The van der Waals surface area contributed by atoms with Gasteiger partial charge in [-0.05, 0) is 64.5 Å². The van der Waals surface area contributed by atoms with E-state index in [9.17, 15) is 74.7 Å². The highest BCUT2D eigenvalue weighted by molar-refractivity contribution is 6.46. The van der Waals surface area contributed by atoms with Crippen LogP contribution in [0.25, 0.3) is 33.1 Å². The Balaban J connectivity index is 1.52. The number of esters is 3. The second-order valence-electron chi connectivity index (χ2n) is 11.6. The smallest absolute Gasteiger partial charge is 0.385 e. The molecule has 0 aliphatic carbocycles. The Labute approximate surface area is 297 Å². The molecule has 0 aromatic heterocycles. The monoisotopic (exact) mass is 738 g/mol. The Hall–Kier alpha value is -8.28. The molecule has 18 heteroatoms. The van der Waals surface area contributed by atoms with Gasteiger partial charge in [-0.1, -0.05) is 12.1 Å². The lowest BCUT2D eigenvalue weighted by molar-refractivity contribution is -0.133. The third-order valence-electron chi connectivity index (χ3n) is 8.46. The lowest BCUT2D eigenvalue weighted by Crippen LogP contribution is -2.25. The first kappa shape index (κ1) is 34.2. The minimum Gasteiger partial charge on any atom is -0.504 e. The van der Waals surface area contributed by atoms with Crippen molar-refractivity contribution in [3.05, 3.63) is 105 Å². The Morgan fingerprint density at radius 1 is 0.500 bits per heavy atom. The van der Waals surface area contributed by atoms with Gasteiger partial charge in [-0.15, -0.1) is 0 Å². The molecule has 0 saturated heterocycles. The largest absolute Gasteiger partial charge is 0.504 e. The van der Waals surface area contributed by atoms with Crippen LogP contribution in [0.5, 0.6) is 34.5 Å². The van der Waals surface area contributed by atoms with Crippen LogP contribution in [0.1, 0.15) is 32.6 Å². The highest BCUT2D eigenvalue weighted by atomic mass is 16.6. The first-order valence-electron chi connectivity index (χ1n) is 14.9. The highest BCUT2D eigenvalue weighted by Crippen LogP contribution is 2.49. The number of ether oxygens (including phenoxy) is 3. The van der Waals surface area contributed by atoms with E-state index in [2.05, 4.69) is 0 Å². The molecule has 270 valence electrons. The first-order chi connectivity index (χ1) is 25.5. The van der Waals surface area contributed by atoms with Crippen LogP contribution in [0.2, 0.25) is 0 Å². The van der Waals surface area contributed by atoms with Gasteiger partial charge < -0.3 is 60.2 Å². The predicted octanol–water partition coefficient (Wildman–Crippen LogP) is 3.11. The van der Waals surface area contributed by atoms with E-state index in [4.69, 9.17) is 14.2 Å². The number of rotatable bonds is 6. The number of cyclic esters (lactones) is 2. The lowest BCUT2D eigenvalue weighted by Gasteiger charge is -2.20. The Kier molecular flexibility index (Phi) is 7.54. The van der Waals surface area contributed by atoms with E-state index in [1.165, 1.54) is 0 Å². The second kappa shape index (κ2) is 11.9. The van der Waals surface area contributed by atoms with Crippen molar-refractivity contribution in [3.63, 3.8) is 0 Å². The molecule has 0 spiro atoms. The van der Waals surface area contributed by atoms with Crippen LogP contribution >= 0.6 is 0 Å². The number of aliphatic hydroxyl groups excluding tert-OH is 2. The molecule has 0 bridgehead atoms. The third-order valence-corrected chi connectivity index (χ3v) is 8.46. The van der Waals surface area contributed by atoms with E-state index in [0.717, 1.165) is 54.6 Å². The molecule has 0 radical (unpaired) electrons. The maximum absolute atomic E-state index is 13.4. The predicted molar refractivity (Wildman–Crippen MR) is 176 cm³/mol. The molecule has 18 nitrogen and oxygen atoms in total. The molecule has 9 N–H and O–H groups in total. The van der Waals surface area contributed by atoms with Crippen molar-refractivity contribution < 1.29 is 88.9 Å². The summed E-state index contributed by atoms with van der Waals surface area (Å²) in [6, 6.07) is 8.19. The van der Waals surface area contributed by atoms with Gasteiger partial charge >= 0.3 is 29.8 Å². The minimum absolute atomic E-state index is 0.336. The number of phenols is 5. The molecule has 0 unspecified atom stereocenters. The zero-order valence-corrected chi connectivity index (χ0v) is 26.4. The number of phenolic OH excluding ortho intramolecular Hbond substituents is 5. The van der Waals surface area contributed by atoms with Crippen LogP contribution in [0.15, 0.2) is 77.6 Å². The van der Waals surface area contributed by atoms with Gasteiger partial charge in [0.05, 0.1) is 0 Å². The number of aromatic hydroxyl groups is 5. The standard InChI is InChI=1S/C36H18O18/c37-16-3-1-10(7-18(16)39)22(32(45)46)30-27(43)21(34(49)53-30)12-5-13-14(9-20(41)29-24(13)15(6-12)26(42)36(51)52-29)25-28(44)31(54-35(25)50)23(33(47)48)11-2-4-17(38)19(40)8-11/h1-9,37-41,43-44H,(H,45,46)(H,47,48). The number of benzene rings is 4. The summed E-state index contributed by atoms with van der Waals surface area (Å²) in [6.45, 7) is 0. The quantitative estimate of drug-likeness (QED) is 0.0451. The zero-order chi connectivity index (χ0) is 39.1. The molecular weight excluding hydrogens is 720 g/mol.